The summed E-state index contributed by atoms with van der Waals surface area (Å²) in [5, 5.41) is 7.39. The molecule has 0 radical (unpaired) electrons. The van der Waals surface area contributed by atoms with Crippen molar-refractivity contribution in [3.05, 3.63) is 53.9 Å². The van der Waals surface area contributed by atoms with Crippen LogP contribution in [0, 0.1) is 0 Å². The van der Waals surface area contributed by atoms with E-state index in [9.17, 15) is 0 Å². The number of rotatable bonds is 8. The molecule has 0 amide bonds. The van der Waals surface area contributed by atoms with Gasteiger partial charge >= 0.3 is 0 Å². The summed E-state index contributed by atoms with van der Waals surface area (Å²) in [5.41, 5.74) is 2.18. The van der Waals surface area contributed by atoms with E-state index >= 15 is 0 Å². The molecule has 0 unspecified atom stereocenters. The first-order valence-corrected chi connectivity index (χ1v) is 9.61. The summed E-state index contributed by atoms with van der Waals surface area (Å²) in [6.45, 7) is 9.60. The normalized spacial score (nSPS) is 15.3. The van der Waals surface area contributed by atoms with Gasteiger partial charge in [0.1, 0.15) is 6.26 Å². The molecule has 0 spiro atoms. The fourth-order valence-corrected chi connectivity index (χ4v) is 3.07. The Bertz CT molecular complexity index is 673. The number of aliphatic imine (C=N–C) groups is 1. The van der Waals surface area contributed by atoms with Crippen molar-refractivity contribution in [2.24, 2.45) is 4.99 Å². The van der Waals surface area contributed by atoms with Crippen LogP contribution in [0.25, 0.3) is 0 Å². The standard InChI is InChI=1S/C20H29N5O2.HI/c1-2-21-20(22-9-15-26-17-18-6-4-3-5-7-18)25-12-10-24(11-13-25)16-19-8-14-27-23-19;/h3-8,14H,2,9-13,15-17H2,1H3,(H,21,22);1H. The Labute approximate surface area is 184 Å². The zero-order valence-electron chi connectivity index (χ0n) is 16.4. The van der Waals surface area contributed by atoms with Crippen molar-refractivity contribution in [3.63, 3.8) is 0 Å². The maximum atomic E-state index is 5.73. The van der Waals surface area contributed by atoms with Crippen LogP contribution in [0.2, 0.25) is 0 Å². The van der Waals surface area contributed by atoms with Crippen LogP contribution in [0.15, 0.2) is 52.2 Å². The third-order valence-corrected chi connectivity index (χ3v) is 4.49. The molecule has 1 aliphatic rings. The average Bonchev–Trinajstić information content (AvgIpc) is 3.21. The number of aromatic nitrogens is 1. The van der Waals surface area contributed by atoms with Crippen LogP contribution in [0.4, 0.5) is 0 Å². The maximum absolute atomic E-state index is 5.73. The number of ether oxygens (including phenoxy) is 1. The molecule has 1 fully saturated rings. The van der Waals surface area contributed by atoms with E-state index in [0.717, 1.165) is 50.9 Å². The molecule has 0 saturated carbocycles. The van der Waals surface area contributed by atoms with Crippen LogP contribution in [-0.4, -0.2) is 66.8 Å². The molecule has 1 aliphatic heterocycles. The Morgan fingerprint density at radius 2 is 1.96 bits per heavy atom. The second-order valence-corrected chi connectivity index (χ2v) is 6.53. The van der Waals surface area contributed by atoms with E-state index in [1.807, 2.05) is 24.3 Å². The molecular weight excluding hydrogens is 469 g/mol. The largest absolute Gasteiger partial charge is 0.375 e. The van der Waals surface area contributed by atoms with Gasteiger partial charge in [0.15, 0.2) is 5.96 Å². The highest BCUT2D eigenvalue weighted by molar-refractivity contribution is 14.0. The van der Waals surface area contributed by atoms with Crippen LogP contribution >= 0.6 is 24.0 Å². The lowest BCUT2D eigenvalue weighted by atomic mass is 10.2. The van der Waals surface area contributed by atoms with Gasteiger partial charge in [-0.1, -0.05) is 35.5 Å². The van der Waals surface area contributed by atoms with E-state index in [2.05, 4.69) is 39.3 Å². The Kier molecular flexibility index (Phi) is 10.3. The molecule has 2 aromatic rings. The van der Waals surface area contributed by atoms with Crippen LogP contribution < -0.4 is 5.32 Å². The second-order valence-electron chi connectivity index (χ2n) is 6.53. The van der Waals surface area contributed by atoms with Crippen LogP contribution in [0.5, 0.6) is 0 Å². The van der Waals surface area contributed by atoms with Crippen molar-refractivity contribution in [3.8, 4) is 0 Å². The van der Waals surface area contributed by atoms with Crippen molar-refractivity contribution in [2.45, 2.75) is 20.1 Å². The predicted octanol–water partition coefficient (Wildman–Crippen LogP) is 2.59. The minimum atomic E-state index is 0. The molecule has 1 saturated heterocycles. The molecule has 1 aromatic carbocycles. The zero-order chi connectivity index (χ0) is 18.7. The molecule has 154 valence electrons. The van der Waals surface area contributed by atoms with Crippen LogP contribution in [-0.2, 0) is 17.9 Å². The smallest absolute Gasteiger partial charge is 0.194 e. The molecule has 28 heavy (non-hydrogen) atoms. The first-order valence-electron chi connectivity index (χ1n) is 9.61. The van der Waals surface area contributed by atoms with Gasteiger partial charge in [0.2, 0.25) is 0 Å². The van der Waals surface area contributed by atoms with Gasteiger partial charge in [0.05, 0.1) is 25.5 Å². The number of benzene rings is 1. The summed E-state index contributed by atoms with van der Waals surface area (Å²) < 4.78 is 10.6. The first kappa shape index (κ1) is 22.6. The fourth-order valence-electron chi connectivity index (χ4n) is 3.07. The fraction of sp³-hybridized carbons (Fsp3) is 0.500. The van der Waals surface area contributed by atoms with Gasteiger partial charge in [-0.3, -0.25) is 9.89 Å². The third kappa shape index (κ3) is 7.40. The number of guanidine groups is 1. The molecule has 1 N–H and O–H groups in total. The molecule has 0 atom stereocenters. The quantitative estimate of drug-likeness (QED) is 0.261. The van der Waals surface area contributed by atoms with E-state index in [1.54, 1.807) is 6.26 Å². The van der Waals surface area contributed by atoms with Crippen molar-refractivity contribution < 1.29 is 9.26 Å². The first-order chi connectivity index (χ1) is 13.3. The van der Waals surface area contributed by atoms with Crippen LogP contribution in [0.1, 0.15) is 18.2 Å². The number of hydrogen-bond donors (Lipinski definition) is 1. The van der Waals surface area contributed by atoms with Gasteiger partial charge in [-0.25, -0.2) is 0 Å². The Balaban J connectivity index is 0.00000280. The van der Waals surface area contributed by atoms with E-state index < -0.39 is 0 Å². The summed E-state index contributed by atoms with van der Waals surface area (Å²) in [6, 6.07) is 12.2. The van der Waals surface area contributed by atoms with Gasteiger partial charge in [-0.15, -0.1) is 24.0 Å². The minimum Gasteiger partial charge on any atom is -0.375 e. The summed E-state index contributed by atoms with van der Waals surface area (Å²) in [7, 11) is 0. The molecule has 7 nitrogen and oxygen atoms in total. The lowest BCUT2D eigenvalue weighted by molar-refractivity contribution is 0.127. The zero-order valence-corrected chi connectivity index (χ0v) is 18.7. The molecule has 1 aromatic heterocycles. The summed E-state index contributed by atoms with van der Waals surface area (Å²) in [4.78, 5) is 9.44. The number of halogens is 1. The molecule has 3 rings (SSSR count). The lowest BCUT2D eigenvalue weighted by Crippen LogP contribution is -2.52. The Morgan fingerprint density at radius 3 is 2.64 bits per heavy atom. The van der Waals surface area contributed by atoms with Gasteiger partial charge in [-0.05, 0) is 12.5 Å². The second kappa shape index (κ2) is 12.7. The van der Waals surface area contributed by atoms with Gasteiger partial charge < -0.3 is 19.5 Å². The SMILES string of the molecule is CCNC(=NCCOCc1ccccc1)N1CCN(Cc2ccon2)CC1.I. The molecular formula is C20H30IN5O2. The highest BCUT2D eigenvalue weighted by Gasteiger charge is 2.20. The third-order valence-electron chi connectivity index (χ3n) is 4.49. The van der Waals surface area contributed by atoms with Crippen molar-refractivity contribution in [1.29, 1.82) is 0 Å². The highest BCUT2D eigenvalue weighted by atomic mass is 127. The van der Waals surface area contributed by atoms with E-state index in [1.165, 1.54) is 5.56 Å². The molecule has 2 heterocycles. The average molecular weight is 499 g/mol. The van der Waals surface area contributed by atoms with E-state index in [-0.39, 0.29) is 24.0 Å². The summed E-state index contributed by atoms with van der Waals surface area (Å²) in [6.07, 6.45) is 1.63. The molecule has 0 bridgehead atoms. The topological polar surface area (TPSA) is 66.1 Å². The Hall–Kier alpha value is -1.65. The van der Waals surface area contributed by atoms with Gasteiger partial charge in [0, 0.05) is 45.3 Å². The van der Waals surface area contributed by atoms with Crippen molar-refractivity contribution >= 4 is 29.9 Å². The van der Waals surface area contributed by atoms with Crippen molar-refractivity contribution in [1.82, 2.24) is 20.3 Å². The number of hydrogen-bond acceptors (Lipinski definition) is 5. The number of nitrogens with zero attached hydrogens (tertiary/aromatic N) is 4. The van der Waals surface area contributed by atoms with Gasteiger partial charge in [-0.2, -0.15) is 0 Å². The van der Waals surface area contributed by atoms with Gasteiger partial charge in [0.25, 0.3) is 0 Å². The van der Waals surface area contributed by atoms with Crippen molar-refractivity contribution in [2.75, 3.05) is 45.9 Å². The predicted molar refractivity (Wildman–Crippen MR) is 121 cm³/mol. The number of nitrogens with one attached hydrogen (secondary N) is 1. The van der Waals surface area contributed by atoms with Crippen LogP contribution in [0.3, 0.4) is 0 Å². The molecule has 8 heteroatoms. The lowest BCUT2D eigenvalue weighted by Gasteiger charge is -2.36. The molecule has 0 aliphatic carbocycles. The number of piperazine rings is 1. The van der Waals surface area contributed by atoms with E-state index in [4.69, 9.17) is 14.3 Å². The summed E-state index contributed by atoms with van der Waals surface area (Å²) >= 11 is 0. The monoisotopic (exact) mass is 499 g/mol. The highest BCUT2D eigenvalue weighted by Crippen LogP contribution is 2.07. The summed E-state index contributed by atoms with van der Waals surface area (Å²) in [5.74, 6) is 0.974. The minimum absolute atomic E-state index is 0. The van der Waals surface area contributed by atoms with E-state index in [0.29, 0.717) is 19.8 Å². The maximum Gasteiger partial charge on any atom is 0.194 e. The Morgan fingerprint density at radius 1 is 1.18 bits per heavy atom.